The van der Waals surface area contributed by atoms with Gasteiger partial charge in [0.2, 0.25) is 0 Å². The summed E-state index contributed by atoms with van der Waals surface area (Å²) in [6, 6.07) is 4.87. The number of guanidine groups is 1. The van der Waals surface area contributed by atoms with Gasteiger partial charge in [0, 0.05) is 19.6 Å². The minimum Gasteiger partial charge on any atom is -0.505 e. The summed E-state index contributed by atoms with van der Waals surface area (Å²) in [7, 11) is 1.74. The third-order valence-electron chi connectivity index (χ3n) is 4.46. The number of rotatable bonds is 4. The normalized spacial score (nSPS) is 21.4. The number of aromatic hydroxyl groups is 1. The Morgan fingerprint density at radius 2 is 2.00 bits per heavy atom. The number of aliphatic imine (C=N–C) groups is 1. The summed E-state index contributed by atoms with van der Waals surface area (Å²) >= 11 is 0. The lowest BCUT2D eigenvalue weighted by atomic mass is 9.84. The van der Waals surface area contributed by atoms with Gasteiger partial charge in [-0.15, -0.1) is 24.0 Å². The summed E-state index contributed by atoms with van der Waals surface area (Å²) in [5.41, 5.74) is 0.771. The minimum absolute atomic E-state index is 0. The number of phenols is 1. The maximum atomic E-state index is 13.3. The van der Waals surface area contributed by atoms with Crippen LogP contribution in [-0.4, -0.2) is 24.2 Å². The van der Waals surface area contributed by atoms with E-state index >= 15 is 0 Å². The highest BCUT2D eigenvalue weighted by molar-refractivity contribution is 14.0. The van der Waals surface area contributed by atoms with E-state index in [0.29, 0.717) is 12.6 Å². The zero-order chi connectivity index (χ0) is 15.9. The molecule has 2 rings (SSSR count). The number of benzene rings is 1. The van der Waals surface area contributed by atoms with Gasteiger partial charge in [0.15, 0.2) is 17.5 Å². The Bertz CT molecular complexity index is 517. The Balaban J connectivity index is 0.00000264. The molecule has 0 unspecified atom stereocenters. The van der Waals surface area contributed by atoms with Crippen LogP contribution in [0.2, 0.25) is 0 Å². The number of hydrogen-bond donors (Lipinski definition) is 3. The van der Waals surface area contributed by atoms with Crippen molar-refractivity contribution in [3.05, 3.63) is 29.6 Å². The molecule has 0 atom stereocenters. The standard InChI is InChI=1S/C17H26FN3O.HI/c1-3-12-4-7-14(8-5-12)21-17(19-2)20-11-13-6-9-16(22)15(18)10-13;/h6,9-10,12,14,22H,3-5,7-8,11H2,1-2H3,(H2,19,20,21);1H. The minimum atomic E-state index is -0.597. The van der Waals surface area contributed by atoms with Crippen LogP contribution >= 0.6 is 24.0 Å². The van der Waals surface area contributed by atoms with E-state index in [1.807, 2.05) is 0 Å². The highest BCUT2D eigenvalue weighted by Gasteiger charge is 2.20. The highest BCUT2D eigenvalue weighted by Crippen LogP contribution is 2.26. The van der Waals surface area contributed by atoms with Crippen molar-refractivity contribution in [2.75, 3.05) is 7.05 Å². The van der Waals surface area contributed by atoms with Gasteiger partial charge in [-0.05, 0) is 49.3 Å². The molecule has 0 spiro atoms. The van der Waals surface area contributed by atoms with Crippen LogP contribution in [0.25, 0.3) is 0 Å². The van der Waals surface area contributed by atoms with Crippen molar-refractivity contribution in [1.82, 2.24) is 10.6 Å². The highest BCUT2D eigenvalue weighted by atomic mass is 127. The Morgan fingerprint density at radius 3 is 2.57 bits per heavy atom. The van der Waals surface area contributed by atoms with Crippen molar-refractivity contribution >= 4 is 29.9 Å². The molecule has 3 N–H and O–H groups in total. The molecule has 1 saturated carbocycles. The molecule has 1 aromatic carbocycles. The van der Waals surface area contributed by atoms with E-state index in [0.717, 1.165) is 17.4 Å². The molecular formula is C17H27FIN3O. The molecule has 1 fully saturated rings. The molecule has 0 heterocycles. The molecule has 1 aromatic rings. The van der Waals surface area contributed by atoms with Crippen molar-refractivity contribution in [3.8, 4) is 5.75 Å². The molecule has 0 bridgehead atoms. The van der Waals surface area contributed by atoms with E-state index in [1.54, 1.807) is 13.1 Å². The van der Waals surface area contributed by atoms with Gasteiger partial charge in [0.1, 0.15) is 0 Å². The quantitative estimate of drug-likeness (QED) is 0.383. The zero-order valence-corrected chi connectivity index (χ0v) is 16.1. The number of phenolic OH excluding ortho intramolecular Hbond substituents is 1. The number of nitrogens with one attached hydrogen (secondary N) is 2. The van der Waals surface area contributed by atoms with Gasteiger partial charge in [0.05, 0.1) is 0 Å². The summed E-state index contributed by atoms with van der Waals surface area (Å²) in [5.74, 6) is 0.695. The maximum absolute atomic E-state index is 13.3. The smallest absolute Gasteiger partial charge is 0.191 e. The third kappa shape index (κ3) is 6.16. The first-order chi connectivity index (χ1) is 10.6. The fraction of sp³-hybridized carbons (Fsp3) is 0.588. The van der Waals surface area contributed by atoms with Crippen LogP contribution in [0.5, 0.6) is 5.75 Å². The fourth-order valence-electron chi connectivity index (χ4n) is 2.95. The van der Waals surface area contributed by atoms with Gasteiger partial charge >= 0.3 is 0 Å². The second-order valence-electron chi connectivity index (χ2n) is 5.98. The Labute approximate surface area is 155 Å². The van der Waals surface area contributed by atoms with Gasteiger partial charge in [0.25, 0.3) is 0 Å². The second-order valence-corrected chi connectivity index (χ2v) is 5.98. The topological polar surface area (TPSA) is 56.7 Å². The predicted octanol–water partition coefficient (Wildman–Crippen LogP) is 3.78. The van der Waals surface area contributed by atoms with E-state index < -0.39 is 5.82 Å². The Morgan fingerprint density at radius 1 is 1.30 bits per heavy atom. The van der Waals surface area contributed by atoms with E-state index in [9.17, 15) is 9.50 Å². The molecule has 23 heavy (non-hydrogen) atoms. The number of hydrogen-bond acceptors (Lipinski definition) is 2. The maximum Gasteiger partial charge on any atom is 0.191 e. The van der Waals surface area contributed by atoms with Crippen molar-refractivity contribution in [1.29, 1.82) is 0 Å². The van der Waals surface area contributed by atoms with E-state index in [1.165, 1.54) is 44.2 Å². The van der Waals surface area contributed by atoms with Gasteiger partial charge in [-0.2, -0.15) is 0 Å². The van der Waals surface area contributed by atoms with Crippen molar-refractivity contribution in [3.63, 3.8) is 0 Å². The third-order valence-corrected chi connectivity index (χ3v) is 4.46. The average Bonchev–Trinajstić information content (AvgIpc) is 2.55. The average molecular weight is 435 g/mol. The monoisotopic (exact) mass is 435 g/mol. The zero-order valence-electron chi connectivity index (χ0n) is 13.8. The molecule has 6 heteroatoms. The number of nitrogens with zero attached hydrogens (tertiary/aromatic N) is 1. The second kappa shape index (κ2) is 9.95. The summed E-state index contributed by atoms with van der Waals surface area (Å²) < 4.78 is 13.3. The largest absolute Gasteiger partial charge is 0.505 e. The van der Waals surface area contributed by atoms with Crippen LogP contribution in [0.15, 0.2) is 23.2 Å². The van der Waals surface area contributed by atoms with E-state index in [4.69, 9.17) is 0 Å². The fourth-order valence-corrected chi connectivity index (χ4v) is 2.95. The molecule has 4 nitrogen and oxygen atoms in total. The van der Waals surface area contributed by atoms with Crippen molar-refractivity contribution in [2.45, 2.75) is 51.6 Å². The van der Waals surface area contributed by atoms with Gasteiger partial charge in [-0.1, -0.05) is 19.4 Å². The molecule has 130 valence electrons. The lowest BCUT2D eigenvalue weighted by Gasteiger charge is -2.29. The summed E-state index contributed by atoms with van der Waals surface area (Å²) in [6.45, 7) is 2.73. The first-order valence-electron chi connectivity index (χ1n) is 8.07. The number of halogens is 2. The summed E-state index contributed by atoms with van der Waals surface area (Å²) in [4.78, 5) is 4.23. The lowest BCUT2D eigenvalue weighted by Crippen LogP contribution is -2.44. The van der Waals surface area contributed by atoms with Crippen LogP contribution in [0.1, 0.15) is 44.6 Å². The van der Waals surface area contributed by atoms with Gasteiger partial charge in [-0.3, -0.25) is 4.99 Å². The summed E-state index contributed by atoms with van der Waals surface area (Å²) in [5, 5.41) is 15.8. The molecular weight excluding hydrogens is 408 g/mol. The molecule has 1 aliphatic carbocycles. The first-order valence-corrected chi connectivity index (χ1v) is 8.07. The molecule has 0 aromatic heterocycles. The Kier molecular flexibility index (Phi) is 8.65. The van der Waals surface area contributed by atoms with Crippen molar-refractivity contribution < 1.29 is 9.50 Å². The van der Waals surface area contributed by atoms with Crippen LogP contribution in [-0.2, 0) is 6.54 Å². The predicted molar refractivity (Wildman–Crippen MR) is 103 cm³/mol. The Hall–Kier alpha value is -1.05. The van der Waals surface area contributed by atoms with E-state index in [2.05, 4.69) is 22.5 Å². The van der Waals surface area contributed by atoms with Gasteiger partial charge in [-0.25, -0.2) is 4.39 Å². The summed E-state index contributed by atoms with van der Waals surface area (Å²) in [6.07, 6.45) is 6.16. The van der Waals surface area contributed by atoms with Crippen LogP contribution < -0.4 is 10.6 Å². The van der Waals surface area contributed by atoms with Crippen molar-refractivity contribution in [2.24, 2.45) is 10.9 Å². The van der Waals surface area contributed by atoms with Crippen LogP contribution in [0, 0.1) is 11.7 Å². The first kappa shape index (κ1) is 20.0. The van der Waals surface area contributed by atoms with Crippen LogP contribution in [0.3, 0.4) is 0 Å². The molecule has 1 aliphatic rings. The lowest BCUT2D eigenvalue weighted by molar-refractivity contribution is 0.304. The molecule has 0 saturated heterocycles. The van der Waals surface area contributed by atoms with Crippen LogP contribution in [0.4, 0.5) is 4.39 Å². The molecule has 0 amide bonds. The van der Waals surface area contributed by atoms with E-state index in [-0.39, 0.29) is 29.7 Å². The molecule has 0 aliphatic heterocycles. The molecule has 0 radical (unpaired) electrons. The SMILES string of the molecule is CCC1CCC(NC(=NC)NCc2ccc(O)c(F)c2)CC1.I. The van der Waals surface area contributed by atoms with Gasteiger partial charge < -0.3 is 15.7 Å².